The molecule has 246 valence electrons. The zero-order chi connectivity index (χ0) is 33.9. The van der Waals surface area contributed by atoms with Crippen molar-refractivity contribution in [1.82, 2.24) is 0 Å². The average Bonchev–Trinajstić information content (AvgIpc) is 3.01. The molecule has 0 aromatic carbocycles. The van der Waals surface area contributed by atoms with Crippen molar-refractivity contribution in [3.8, 4) is 0 Å². The van der Waals surface area contributed by atoms with Gasteiger partial charge >= 0.3 is 0 Å². The Labute approximate surface area is 279 Å². The molecule has 0 N–H and O–H groups in total. The van der Waals surface area contributed by atoms with Crippen molar-refractivity contribution in [2.75, 3.05) is 0 Å². The van der Waals surface area contributed by atoms with Crippen LogP contribution in [0.15, 0.2) is 105 Å². The number of allylic oxidation sites excluding steroid dienone is 17. The Morgan fingerprint density at radius 1 is 0.809 bits per heavy atom. The number of rotatable bonds is 2. The molecule has 6 rings (SSSR count). The molecule has 5 heteroatoms. The topological polar surface area (TPSA) is 85.3 Å². The molecule has 4 atom stereocenters. The quantitative estimate of drug-likeness (QED) is 0.173. The van der Waals surface area contributed by atoms with Gasteiger partial charge in [0.15, 0.2) is 23.1 Å². The summed E-state index contributed by atoms with van der Waals surface area (Å²) in [4.78, 5) is 66.6. The fourth-order valence-corrected chi connectivity index (χ4v) is 8.25. The summed E-state index contributed by atoms with van der Waals surface area (Å²) in [5, 5.41) is 0. The van der Waals surface area contributed by atoms with Crippen LogP contribution in [0.25, 0.3) is 0 Å². The Kier molecular flexibility index (Phi) is 10.5. The third-order valence-corrected chi connectivity index (χ3v) is 11.0. The number of ketones is 4. The van der Waals surface area contributed by atoms with Crippen LogP contribution in [0.1, 0.15) is 98.3 Å². The smallest absolute Gasteiger partial charge is 0.185 e. The number of Topliss-reactive ketones (excluding diaryl/α,β-unsaturated/α-hetero) is 1. The Hall–Kier alpha value is -3.99. The van der Waals surface area contributed by atoms with E-state index in [0.29, 0.717) is 67.2 Å². The van der Waals surface area contributed by atoms with Gasteiger partial charge in [-0.1, -0.05) is 58.7 Å². The first-order valence-corrected chi connectivity index (χ1v) is 17.2. The molecule has 0 aromatic heterocycles. The predicted octanol–water partition coefficient (Wildman–Crippen LogP) is 8.70. The molecular weight excluding hydrogens is 584 g/mol. The van der Waals surface area contributed by atoms with E-state index in [2.05, 4.69) is 31.7 Å². The van der Waals surface area contributed by atoms with Gasteiger partial charge in [-0.15, -0.1) is 0 Å². The highest BCUT2D eigenvalue weighted by atomic mass is 16.1. The maximum atomic E-state index is 14.1. The Morgan fingerprint density at radius 3 is 2.28 bits per heavy atom. The molecule has 0 aromatic rings. The van der Waals surface area contributed by atoms with Crippen LogP contribution < -0.4 is 0 Å². The highest BCUT2D eigenvalue weighted by molar-refractivity contribution is 6.21. The minimum absolute atomic E-state index is 0.0909. The Morgan fingerprint density at radius 2 is 1.53 bits per heavy atom. The third kappa shape index (κ3) is 7.61. The van der Waals surface area contributed by atoms with E-state index in [1.165, 1.54) is 35.5 Å². The summed E-state index contributed by atoms with van der Waals surface area (Å²) in [6.45, 7) is 12.2. The Bertz CT molecular complexity index is 1660. The highest BCUT2D eigenvalue weighted by Gasteiger charge is 2.47. The van der Waals surface area contributed by atoms with Gasteiger partial charge in [-0.3, -0.25) is 19.2 Å². The molecule has 0 amide bonds. The minimum Gasteiger partial charge on any atom is -0.303 e. The first-order chi connectivity index (χ1) is 22.4. The van der Waals surface area contributed by atoms with Crippen molar-refractivity contribution >= 4 is 29.4 Å². The van der Waals surface area contributed by atoms with Crippen LogP contribution in [0.3, 0.4) is 0 Å². The number of carbonyl (C=O) groups is 5. The van der Waals surface area contributed by atoms with E-state index in [0.717, 1.165) is 48.7 Å². The van der Waals surface area contributed by atoms with E-state index >= 15 is 0 Å². The lowest BCUT2D eigenvalue weighted by molar-refractivity contribution is -0.123. The van der Waals surface area contributed by atoms with Crippen molar-refractivity contribution < 1.29 is 24.0 Å². The predicted molar refractivity (Wildman–Crippen MR) is 186 cm³/mol. The fraction of sp³-hybridized carbons (Fsp3) is 0.452. The lowest BCUT2D eigenvalue weighted by Gasteiger charge is -2.46. The molecule has 0 saturated carbocycles. The molecular formula is C42H48O5. The van der Waals surface area contributed by atoms with Crippen molar-refractivity contribution in [1.29, 1.82) is 0 Å². The SMILES string of the molecule is C=C(C)C1CCC(C)=CCCC2(C=O)C3C=C(CCC=C(C)CC4=CC(=O)C(=CC4=O)C/C=C(\C)C3)CC2CC2=CC(=O)C=C1C2=O. The molecule has 6 aliphatic rings. The first-order valence-electron chi connectivity index (χ1n) is 17.2. The molecule has 47 heavy (non-hydrogen) atoms. The summed E-state index contributed by atoms with van der Waals surface area (Å²) in [5.41, 5.74) is 6.75. The Balaban J connectivity index is 1.58. The van der Waals surface area contributed by atoms with Gasteiger partial charge in [0, 0.05) is 33.6 Å². The van der Waals surface area contributed by atoms with Gasteiger partial charge in [-0.25, -0.2) is 0 Å². The third-order valence-electron chi connectivity index (χ3n) is 11.0. The summed E-state index contributed by atoms with van der Waals surface area (Å²) in [7, 11) is 0. The average molecular weight is 633 g/mol. The van der Waals surface area contributed by atoms with Crippen LogP contribution in [0, 0.1) is 23.2 Å². The van der Waals surface area contributed by atoms with E-state index in [1.54, 1.807) is 0 Å². The van der Waals surface area contributed by atoms with Crippen molar-refractivity contribution in [2.45, 2.75) is 98.3 Å². The molecule has 0 spiro atoms. The van der Waals surface area contributed by atoms with Gasteiger partial charge in [0.2, 0.25) is 0 Å². The molecule has 0 saturated heterocycles. The number of hydrogen-bond donors (Lipinski definition) is 0. The van der Waals surface area contributed by atoms with Crippen LogP contribution >= 0.6 is 0 Å². The van der Waals surface area contributed by atoms with Crippen molar-refractivity contribution in [3.63, 3.8) is 0 Å². The molecule has 0 heterocycles. The maximum absolute atomic E-state index is 14.1. The van der Waals surface area contributed by atoms with Crippen LogP contribution in [-0.2, 0) is 24.0 Å². The highest BCUT2D eigenvalue weighted by Crippen LogP contribution is 2.52. The fourth-order valence-electron chi connectivity index (χ4n) is 8.25. The molecule has 6 aliphatic carbocycles. The minimum atomic E-state index is -0.743. The van der Waals surface area contributed by atoms with Gasteiger partial charge in [0.1, 0.15) is 6.29 Å². The number of carbonyl (C=O) groups excluding carboxylic acids is 5. The van der Waals surface area contributed by atoms with E-state index in [9.17, 15) is 24.0 Å². The molecule has 0 aliphatic heterocycles. The molecule has 4 unspecified atom stereocenters. The van der Waals surface area contributed by atoms with Crippen LogP contribution in [0.4, 0.5) is 0 Å². The summed E-state index contributed by atoms with van der Waals surface area (Å²) >= 11 is 0. The van der Waals surface area contributed by atoms with E-state index in [4.69, 9.17) is 0 Å². The van der Waals surface area contributed by atoms with Crippen LogP contribution in [-0.4, -0.2) is 29.4 Å². The zero-order valence-corrected chi connectivity index (χ0v) is 28.5. The maximum Gasteiger partial charge on any atom is 0.185 e. The molecule has 0 fully saturated rings. The summed E-state index contributed by atoms with van der Waals surface area (Å²) in [6.07, 6.45) is 22.8. The van der Waals surface area contributed by atoms with Gasteiger partial charge in [0.25, 0.3) is 0 Å². The lowest BCUT2D eigenvalue weighted by Crippen LogP contribution is -2.43. The summed E-state index contributed by atoms with van der Waals surface area (Å²) < 4.78 is 0. The zero-order valence-electron chi connectivity index (χ0n) is 28.5. The van der Waals surface area contributed by atoms with Crippen LogP contribution in [0.5, 0.6) is 0 Å². The summed E-state index contributed by atoms with van der Waals surface area (Å²) in [6, 6.07) is 0. The van der Waals surface area contributed by atoms with Gasteiger partial charge in [-0.05, 0) is 134 Å². The second-order valence-electron chi connectivity index (χ2n) is 14.6. The van der Waals surface area contributed by atoms with Gasteiger partial charge < -0.3 is 4.79 Å². The van der Waals surface area contributed by atoms with E-state index in [1.807, 2.05) is 26.8 Å². The van der Waals surface area contributed by atoms with Crippen LogP contribution in [0.2, 0.25) is 0 Å². The molecule has 6 bridgehead atoms. The standard InChI is InChI=1S/C42H48O5/c1-26(2)37-14-12-27(3)9-7-15-42(25-43)34-17-29(5)11-13-31-22-40(46)32(23-39(31)45)16-28(4)8-6-10-30(18-34)19-35(42)20-33-21-36(44)24-38(37)41(33)47/h8-9,11,18,21-25,34-35,37H,1,6-7,10,12-17,19-20H2,2-5H3/b27-9?,28-8?,29-11+. The first kappa shape index (κ1) is 34.3. The summed E-state index contributed by atoms with van der Waals surface area (Å²) in [5.74, 6) is -0.931. The monoisotopic (exact) mass is 632 g/mol. The van der Waals surface area contributed by atoms with Crippen molar-refractivity contribution in [2.24, 2.45) is 23.2 Å². The number of hydrogen-bond acceptors (Lipinski definition) is 5. The second-order valence-corrected chi connectivity index (χ2v) is 14.6. The van der Waals surface area contributed by atoms with E-state index in [-0.39, 0.29) is 40.9 Å². The largest absolute Gasteiger partial charge is 0.303 e. The number of aldehydes is 1. The lowest BCUT2D eigenvalue weighted by atomic mass is 9.56. The normalized spacial score (nSPS) is 30.7. The second kappa shape index (κ2) is 14.4. The van der Waals surface area contributed by atoms with Gasteiger partial charge in [-0.2, -0.15) is 0 Å². The van der Waals surface area contributed by atoms with Crippen molar-refractivity contribution in [3.05, 3.63) is 105 Å². The van der Waals surface area contributed by atoms with Gasteiger partial charge in [0.05, 0.1) is 0 Å². The number of fused-ring (bicyclic) bond motifs is 10. The van der Waals surface area contributed by atoms with E-state index < -0.39 is 5.41 Å². The molecule has 5 nitrogen and oxygen atoms in total. The molecule has 0 radical (unpaired) electrons.